The maximum Gasteiger partial charge on any atom is 0.360 e. The molecule has 0 unspecified atom stereocenters. The van der Waals surface area contributed by atoms with E-state index in [-0.39, 0.29) is 18.1 Å². The van der Waals surface area contributed by atoms with Gasteiger partial charge in [-0.05, 0) is 12.8 Å². The number of carbonyl (C=O) groups excluding carboxylic acids is 2. The Labute approximate surface area is 118 Å². The molecule has 0 aromatic carbocycles. The summed E-state index contributed by atoms with van der Waals surface area (Å²) in [6.07, 6.45) is 3.42. The van der Waals surface area contributed by atoms with E-state index in [9.17, 15) is 9.59 Å². The van der Waals surface area contributed by atoms with Gasteiger partial charge in [0.1, 0.15) is 6.54 Å². The fraction of sp³-hybridized carbons (Fsp3) is 0.692. The summed E-state index contributed by atoms with van der Waals surface area (Å²) in [7, 11) is 1.30. The van der Waals surface area contributed by atoms with Gasteiger partial charge >= 0.3 is 5.97 Å². The first kappa shape index (κ1) is 16.1. The molecule has 0 spiro atoms. The van der Waals surface area contributed by atoms with Crippen LogP contribution in [0.4, 0.5) is 0 Å². The Morgan fingerprint density at radius 3 is 2.65 bits per heavy atom. The summed E-state index contributed by atoms with van der Waals surface area (Å²) in [5.41, 5.74) is 0.834. The fourth-order valence-corrected chi connectivity index (χ4v) is 1.80. The number of esters is 1. The molecule has 7 heteroatoms. The minimum Gasteiger partial charge on any atom is -0.464 e. The van der Waals surface area contributed by atoms with Gasteiger partial charge in [0.25, 0.3) is 0 Å². The third-order valence-electron chi connectivity index (χ3n) is 2.85. The lowest BCUT2D eigenvalue weighted by Gasteiger charge is -2.07. The number of amides is 1. The van der Waals surface area contributed by atoms with Crippen molar-refractivity contribution in [3.63, 3.8) is 0 Å². The average Bonchev–Trinajstić information content (AvgIpc) is 2.82. The number of nitrogens with one attached hydrogen (secondary N) is 1. The molecular weight excluding hydrogens is 260 g/mol. The lowest BCUT2D eigenvalue weighted by atomic mass is 10.2. The monoisotopic (exact) mass is 282 g/mol. The summed E-state index contributed by atoms with van der Waals surface area (Å²) >= 11 is 0. The van der Waals surface area contributed by atoms with E-state index < -0.39 is 5.97 Å². The topological polar surface area (TPSA) is 86.1 Å². The molecule has 1 aromatic heterocycles. The predicted octanol–water partition coefficient (Wildman–Crippen LogP) is 0.933. The van der Waals surface area contributed by atoms with E-state index in [0.29, 0.717) is 18.7 Å². The minimum atomic E-state index is -0.522. The molecule has 1 amide bonds. The number of unbranched alkanes of at least 4 members (excludes halogenated alkanes) is 1. The van der Waals surface area contributed by atoms with Gasteiger partial charge in [0, 0.05) is 6.54 Å². The number of carbonyl (C=O) groups is 2. The zero-order chi connectivity index (χ0) is 15.0. The van der Waals surface area contributed by atoms with Gasteiger partial charge in [-0.25, -0.2) is 9.48 Å². The largest absolute Gasteiger partial charge is 0.464 e. The zero-order valence-corrected chi connectivity index (χ0v) is 12.3. The van der Waals surface area contributed by atoms with E-state index >= 15 is 0 Å². The molecule has 0 aliphatic rings. The lowest BCUT2D eigenvalue weighted by Crippen LogP contribution is -2.29. The van der Waals surface area contributed by atoms with Crippen molar-refractivity contribution in [1.29, 1.82) is 0 Å². The Morgan fingerprint density at radius 1 is 1.30 bits per heavy atom. The van der Waals surface area contributed by atoms with E-state index in [2.05, 4.69) is 27.3 Å². The molecule has 0 fully saturated rings. The number of ether oxygens (including phenoxy) is 1. The maximum absolute atomic E-state index is 11.8. The molecule has 112 valence electrons. The Balaban J connectivity index is 2.76. The standard InChI is InChI=1S/C13H22N4O3/c1-4-6-8-14-11(18)9-17-10(7-5-2)12(15-16-17)13(19)20-3/h4-9H2,1-3H3,(H,14,18). The highest BCUT2D eigenvalue weighted by atomic mass is 16.5. The zero-order valence-electron chi connectivity index (χ0n) is 12.3. The highest BCUT2D eigenvalue weighted by Gasteiger charge is 2.20. The van der Waals surface area contributed by atoms with Crippen molar-refractivity contribution in [2.24, 2.45) is 0 Å². The SMILES string of the molecule is CCCCNC(=O)Cn1nnc(C(=O)OC)c1CCC. The Bertz CT molecular complexity index is 456. The van der Waals surface area contributed by atoms with E-state index in [4.69, 9.17) is 0 Å². The molecule has 1 rings (SSSR count). The second-order valence-electron chi connectivity index (χ2n) is 4.49. The predicted molar refractivity (Wildman–Crippen MR) is 73.3 cm³/mol. The van der Waals surface area contributed by atoms with Crippen LogP contribution < -0.4 is 5.32 Å². The summed E-state index contributed by atoms with van der Waals surface area (Å²) in [6.45, 7) is 4.77. The van der Waals surface area contributed by atoms with Gasteiger partial charge in [-0.15, -0.1) is 5.10 Å². The fourth-order valence-electron chi connectivity index (χ4n) is 1.80. The van der Waals surface area contributed by atoms with Crippen LogP contribution in [-0.4, -0.2) is 40.5 Å². The smallest absolute Gasteiger partial charge is 0.360 e. The van der Waals surface area contributed by atoms with Crippen LogP contribution in [0.15, 0.2) is 0 Å². The van der Waals surface area contributed by atoms with E-state index in [0.717, 1.165) is 19.3 Å². The summed E-state index contributed by atoms with van der Waals surface area (Å²) in [6, 6.07) is 0. The number of rotatable bonds is 8. The van der Waals surface area contributed by atoms with Gasteiger partial charge in [-0.2, -0.15) is 0 Å². The van der Waals surface area contributed by atoms with Crippen molar-refractivity contribution in [2.75, 3.05) is 13.7 Å². The van der Waals surface area contributed by atoms with Gasteiger partial charge in [0.15, 0.2) is 5.69 Å². The Kier molecular flexibility index (Phi) is 6.69. The van der Waals surface area contributed by atoms with Crippen LogP contribution in [0.5, 0.6) is 0 Å². The number of hydrogen-bond donors (Lipinski definition) is 1. The van der Waals surface area contributed by atoms with Crippen molar-refractivity contribution in [3.8, 4) is 0 Å². The molecular formula is C13H22N4O3. The second-order valence-corrected chi connectivity index (χ2v) is 4.49. The van der Waals surface area contributed by atoms with Gasteiger partial charge in [-0.3, -0.25) is 4.79 Å². The molecule has 0 atom stereocenters. The van der Waals surface area contributed by atoms with Crippen molar-refractivity contribution < 1.29 is 14.3 Å². The minimum absolute atomic E-state index is 0.0725. The van der Waals surface area contributed by atoms with Crippen LogP contribution >= 0.6 is 0 Å². The molecule has 7 nitrogen and oxygen atoms in total. The van der Waals surface area contributed by atoms with Crippen molar-refractivity contribution in [1.82, 2.24) is 20.3 Å². The first-order valence-electron chi connectivity index (χ1n) is 6.91. The number of aromatic nitrogens is 3. The number of nitrogens with zero attached hydrogens (tertiary/aromatic N) is 3. The van der Waals surface area contributed by atoms with Crippen LogP contribution in [0.2, 0.25) is 0 Å². The second kappa shape index (κ2) is 8.29. The molecule has 1 N–H and O–H groups in total. The Hall–Kier alpha value is -1.92. The molecule has 1 heterocycles. The molecule has 0 bridgehead atoms. The van der Waals surface area contributed by atoms with Gasteiger partial charge in [0.05, 0.1) is 12.8 Å². The third-order valence-corrected chi connectivity index (χ3v) is 2.85. The normalized spacial score (nSPS) is 10.3. The number of methoxy groups -OCH3 is 1. The molecule has 0 radical (unpaired) electrons. The quantitative estimate of drug-likeness (QED) is 0.566. The molecule has 0 saturated heterocycles. The summed E-state index contributed by atoms with van der Waals surface area (Å²) in [5, 5.41) is 10.5. The number of hydrogen-bond acceptors (Lipinski definition) is 5. The van der Waals surface area contributed by atoms with Gasteiger partial charge < -0.3 is 10.1 Å². The van der Waals surface area contributed by atoms with E-state index in [1.807, 2.05) is 6.92 Å². The molecule has 1 aromatic rings. The average molecular weight is 282 g/mol. The van der Waals surface area contributed by atoms with Crippen LogP contribution in [0.25, 0.3) is 0 Å². The molecule has 0 saturated carbocycles. The summed E-state index contributed by atoms with van der Waals surface area (Å²) in [5.74, 6) is -0.650. The van der Waals surface area contributed by atoms with Crippen LogP contribution in [-0.2, 0) is 22.5 Å². The van der Waals surface area contributed by atoms with Crippen LogP contribution in [0, 0.1) is 0 Å². The molecule has 0 aliphatic heterocycles. The highest BCUT2D eigenvalue weighted by Crippen LogP contribution is 2.09. The Morgan fingerprint density at radius 2 is 2.05 bits per heavy atom. The summed E-state index contributed by atoms with van der Waals surface area (Å²) in [4.78, 5) is 23.4. The molecule has 20 heavy (non-hydrogen) atoms. The summed E-state index contributed by atoms with van der Waals surface area (Å²) < 4.78 is 6.13. The van der Waals surface area contributed by atoms with Gasteiger partial charge in [-0.1, -0.05) is 31.9 Å². The van der Waals surface area contributed by atoms with Crippen LogP contribution in [0.3, 0.4) is 0 Å². The van der Waals surface area contributed by atoms with Crippen molar-refractivity contribution in [2.45, 2.75) is 46.1 Å². The molecule has 0 aliphatic carbocycles. The van der Waals surface area contributed by atoms with Crippen molar-refractivity contribution in [3.05, 3.63) is 11.4 Å². The van der Waals surface area contributed by atoms with E-state index in [1.54, 1.807) is 0 Å². The first-order chi connectivity index (χ1) is 9.63. The highest BCUT2D eigenvalue weighted by molar-refractivity contribution is 5.88. The lowest BCUT2D eigenvalue weighted by molar-refractivity contribution is -0.121. The maximum atomic E-state index is 11.8. The third kappa shape index (κ3) is 4.32. The van der Waals surface area contributed by atoms with Crippen LogP contribution in [0.1, 0.15) is 49.3 Å². The van der Waals surface area contributed by atoms with Crippen molar-refractivity contribution >= 4 is 11.9 Å². The first-order valence-corrected chi connectivity index (χ1v) is 6.91. The van der Waals surface area contributed by atoms with E-state index in [1.165, 1.54) is 11.8 Å². The van der Waals surface area contributed by atoms with Gasteiger partial charge in [0.2, 0.25) is 5.91 Å².